The molecule has 0 bridgehead atoms. The van der Waals surface area contributed by atoms with E-state index >= 15 is 0 Å². The Bertz CT molecular complexity index is 434. The van der Waals surface area contributed by atoms with Gasteiger partial charge in [-0.05, 0) is 43.4 Å². The van der Waals surface area contributed by atoms with E-state index in [1.165, 1.54) is 24.8 Å². The second-order valence-corrected chi connectivity index (χ2v) is 4.66. The number of carbonyl (C=O) groups excluding carboxylic acids is 1. The van der Waals surface area contributed by atoms with Crippen LogP contribution in [-0.4, -0.2) is 12.5 Å². The normalized spacial score (nSPS) is 14.4. The summed E-state index contributed by atoms with van der Waals surface area (Å²) >= 11 is 0. The van der Waals surface area contributed by atoms with Crippen molar-refractivity contribution >= 4 is 5.91 Å². The van der Waals surface area contributed by atoms with E-state index in [1.807, 2.05) is 24.3 Å². The molecule has 96 valence electrons. The van der Waals surface area contributed by atoms with E-state index < -0.39 is 0 Å². The van der Waals surface area contributed by atoms with Crippen LogP contribution in [0.4, 0.5) is 0 Å². The van der Waals surface area contributed by atoms with Crippen molar-refractivity contribution in [1.29, 1.82) is 0 Å². The molecule has 0 fully saturated rings. The Morgan fingerprint density at radius 3 is 2.67 bits per heavy atom. The van der Waals surface area contributed by atoms with Gasteiger partial charge in [0.05, 0.1) is 0 Å². The van der Waals surface area contributed by atoms with Gasteiger partial charge >= 0.3 is 0 Å². The van der Waals surface area contributed by atoms with Gasteiger partial charge in [-0.15, -0.1) is 0 Å². The highest BCUT2D eigenvalue weighted by molar-refractivity contribution is 5.94. The number of nitrogens with one attached hydrogen (secondary N) is 1. The molecule has 1 aromatic rings. The lowest BCUT2D eigenvalue weighted by molar-refractivity contribution is 0.0954. The molecule has 0 spiro atoms. The average Bonchev–Trinajstić information content (AvgIpc) is 2.92. The van der Waals surface area contributed by atoms with E-state index in [0.717, 1.165) is 18.5 Å². The van der Waals surface area contributed by atoms with Crippen molar-refractivity contribution in [2.45, 2.75) is 32.2 Å². The fourth-order valence-corrected chi connectivity index (χ4v) is 2.20. The second kappa shape index (κ2) is 6.36. The summed E-state index contributed by atoms with van der Waals surface area (Å²) in [6.45, 7) is 1.24. The number of nitrogens with two attached hydrogens (primary N) is 1. The molecule has 3 nitrogen and oxygen atoms in total. The van der Waals surface area contributed by atoms with E-state index in [9.17, 15) is 4.79 Å². The first-order valence-corrected chi connectivity index (χ1v) is 6.54. The minimum absolute atomic E-state index is 0.00262. The molecule has 3 heteroatoms. The Labute approximate surface area is 108 Å². The first-order valence-electron chi connectivity index (χ1n) is 6.54. The van der Waals surface area contributed by atoms with Gasteiger partial charge in [0.1, 0.15) is 0 Å². The summed E-state index contributed by atoms with van der Waals surface area (Å²) < 4.78 is 0. The van der Waals surface area contributed by atoms with Crippen LogP contribution in [0.3, 0.4) is 0 Å². The summed E-state index contributed by atoms with van der Waals surface area (Å²) in [5.41, 5.74) is 8.75. The van der Waals surface area contributed by atoms with Crippen LogP contribution in [-0.2, 0) is 6.54 Å². The number of allylic oxidation sites excluding steroid dienone is 1. The average molecular weight is 244 g/mol. The monoisotopic (exact) mass is 244 g/mol. The van der Waals surface area contributed by atoms with Crippen LogP contribution in [0.25, 0.3) is 0 Å². The Morgan fingerprint density at radius 2 is 2.06 bits per heavy atom. The van der Waals surface area contributed by atoms with Crippen LogP contribution >= 0.6 is 0 Å². The molecule has 0 unspecified atom stereocenters. The lowest BCUT2D eigenvalue weighted by Crippen LogP contribution is -2.24. The maximum absolute atomic E-state index is 11.9. The van der Waals surface area contributed by atoms with Gasteiger partial charge in [0.15, 0.2) is 0 Å². The van der Waals surface area contributed by atoms with Gasteiger partial charge < -0.3 is 11.1 Å². The summed E-state index contributed by atoms with van der Waals surface area (Å²) in [5.74, 6) is -0.00262. The van der Waals surface area contributed by atoms with Crippen molar-refractivity contribution in [3.8, 4) is 0 Å². The summed E-state index contributed by atoms with van der Waals surface area (Å²) in [4.78, 5) is 11.9. The fraction of sp³-hybridized carbons (Fsp3) is 0.400. The largest absolute Gasteiger partial charge is 0.352 e. The van der Waals surface area contributed by atoms with Gasteiger partial charge in [0.2, 0.25) is 0 Å². The molecule has 0 radical (unpaired) electrons. The van der Waals surface area contributed by atoms with E-state index in [1.54, 1.807) is 0 Å². The summed E-state index contributed by atoms with van der Waals surface area (Å²) in [7, 11) is 0. The highest BCUT2D eigenvalue weighted by Crippen LogP contribution is 2.19. The van der Waals surface area contributed by atoms with Crippen molar-refractivity contribution in [2.75, 3.05) is 6.54 Å². The van der Waals surface area contributed by atoms with Crippen LogP contribution in [0.15, 0.2) is 35.9 Å². The van der Waals surface area contributed by atoms with Crippen molar-refractivity contribution in [3.05, 3.63) is 47.0 Å². The lowest BCUT2D eigenvalue weighted by atomic mass is 10.1. The summed E-state index contributed by atoms with van der Waals surface area (Å²) in [5, 5.41) is 2.95. The molecule has 0 atom stereocenters. The van der Waals surface area contributed by atoms with Gasteiger partial charge in [0, 0.05) is 18.7 Å². The number of rotatable bonds is 5. The van der Waals surface area contributed by atoms with Crippen molar-refractivity contribution in [2.24, 2.45) is 5.73 Å². The smallest absolute Gasteiger partial charge is 0.251 e. The van der Waals surface area contributed by atoms with Crippen LogP contribution in [0.2, 0.25) is 0 Å². The molecule has 3 N–H and O–H groups in total. The SMILES string of the molecule is NCc1ccc(C(=O)NCCC2=CCCC2)cc1. The molecular weight excluding hydrogens is 224 g/mol. The molecule has 2 rings (SSSR count). The number of amides is 1. The van der Waals surface area contributed by atoms with Crippen molar-refractivity contribution in [1.82, 2.24) is 5.32 Å². The maximum Gasteiger partial charge on any atom is 0.251 e. The molecule has 1 amide bonds. The highest BCUT2D eigenvalue weighted by atomic mass is 16.1. The maximum atomic E-state index is 11.9. The van der Waals surface area contributed by atoms with Gasteiger partial charge in [-0.1, -0.05) is 23.8 Å². The molecule has 1 aromatic carbocycles. The zero-order valence-electron chi connectivity index (χ0n) is 10.6. The van der Waals surface area contributed by atoms with Crippen LogP contribution in [0, 0.1) is 0 Å². The fourth-order valence-electron chi connectivity index (χ4n) is 2.20. The molecule has 0 saturated heterocycles. The third kappa shape index (κ3) is 3.44. The zero-order chi connectivity index (χ0) is 12.8. The van der Waals surface area contributed by atoms with Crippen molar-refractivity contribution in [3.63, 3.8) is 0 Å². The Morgan fingerprint density at radius 1 is 1.28 bits per heavy atom. The zero-order valence-corrected chi connectivity index (χ0v) is 10.6. The lowest BCUT2D eigenvalue weighted by Gasteiger charge is -2.06. The molecule has 1 aliphatic rings. The third-order valence-electron chi connectivity index (χ3n) is 3.32. The Hall–Kier alpha value is -1.61. The Kier molecular flexibility index (Phi) is 4.53. The first-order chi connectivity index (χ1) is 8.79. The highest BCUT2D eigenvalue weighted by Gasteiger charge is 2.07. The van der Waals surface area contributed by atoms with Crippen LogP contribution in [0.1, 0.15) is 41.6 Å². The molecule has 0 aliphatic heterocycles. The van der Waals surface area contributed by atoms with E-state index in [4.69, 9.17) is 5.73 Å². The molecule has 0 heterocycles. The van der Waals surface area contributed by atoms with Gasteiger partial charge in [-0.3, -0.25) is 4.79 Å². The van der Waals surface area contributed by atoms with Gasteiger partial charge in [-0.2, -0.15) is 0 Å². The van der Waals surface area contributed by atoms with Crippen molar-refractivity contribution < 1.29 is 4.79 Å². The van der Waals surface area contributed by atoms with Crippen LogP contribution < -0.4 is 11.1 Å². The summed E-state index contributed by atoms with van der Waals surface area (Å²) in [6.07, 6.45) is 6.93. The Balaban J connectivity index is 1.79. The molecule has 0 saturated carbocycles. The van der Waals surface area contributed by atoms with Gasteiger partial charge in [-0.25, -0.2) is 0 Å². The van der Waals surface area contributed by atoms with E-state index in [-0.39, 0.29) is 5.91 Å². The number of benzene rings is 1. The van der Waals surface area contributed by atoms with Crippen LogP contribution in [0.5, 0.6) is 0 Å². The first kappa shape index (κ1) is 12.8. The standard InChI is InChI=1S/C15H20N2O/c16-11-13-5-7-14(8-6-13)15(18)17-10-9-12-3-1-2-4-12/h3,5-8H,1-2,4,9-11,16H2,(H,17,18). The van der Waals surface area contributed by atoms with E-state index in [2.05, 4.69) is 11.4 Å². The predicted molar refractivity (Wildman–Crippen MR) is 73.2 cm³/mol. The van der Waals surface area contributed by atoms with E-state index in [0.29, 0.717) is 12.1 Å². The number of carbonyl (C=O) groups is 1. The third-order valence-corrected chi connectivity index (χ3v) is 3.32. The minimum Gasteiger partial charge on any atom is -0.352 e. The quantitative estimate of drug-likeness (QED) is 0.781. The number of hydrogen-bond donors (Lipinski definition) is 2. The molecule has 18 heavy (non-hydrogen) atoms. The molecular formula is C15H20N2O. The summed E-state index contributed by atoms with van der Waals surface area (Å²) in [6, 6.07) is 7.45. The minimum atomic E-state index is -0.00262. The van der Waals surface area contributed by atoms with Gasteiger partial charge in [0.25, 0.3) is 5.91 Å². The molecule has 1 aliphatic carbocycles. The number of hydrogen-bond acceptors (Lipinski definition) is 2. The predicted octanol–water partition coefficient (Wildman–Crippen LogP) is 2.38. The molecule has 0 aromatic heterocycles. The second-order valence-electron chi connectivity index (χ2n) is 4.66. The topological polar surface area (TPSA) is 55.1 Å².